The lowest BCUT2D eigenvalue weighted by molar-refractivity contribution is 0.0311. The number of likely N-dealkylation sites (N-methyl/N-ethyl adjacent to an activating group) is 1. The highest BCUT2D eigenvalue weighted by Gasteiger charge is 2.22. The number of aliphatic hydroxyl groups excluding tert-OH is 1. The molecule has 0 fully saturated rings. The Labute approximate surface area is 67.3 Å². The van der Waals surface area contributed by atoms with Gasteiger partial charge in [0.15, 0.2) is 0 Å². The van der Waals surface area contributed by atoms with Crippen molar-refractivity contribution in [1.82, 2.24) is 4.90 Å². The summed E-state index contributed by atoms with van der Waals surface area (Å²) < 4.78 is 5.35. The highest BCUT2D eigenvalue weighted by Crippen LogP contribution is 2.11. The highest BCUT2D eigenvalue weighted by molar-refractivity contribution is 5.01. The Hall–Kier alpha value is -0.380. The fraction of sp³-hybridized carbons (Fsp3) is 0.750. The monoisotopic (exact) mass is 157 g/mol. The lowest BCUT2D eigenvalue weighted by Crippen LogP contribution is -2.41. The van der Waals surface area contributed by atoms with Crippen LogP contribution in [0.1, 0.15) is 0 Å². The molecule has 0 bridgehead atoms. The summed E-state index contributed by atoms with van der Waals surface area (Å²) in [5.74, 6) is 0. The summed E-state index contributed by atoms with van der Waals surface area (Å²) >= 11 is 0. The molecule has 11 heavy (non-hydrogen) atoms. The van der Waals surface area contributed by atoms with Gasteiger partial charge in [-0.05, 0) is 14.1 Å². The van der Waals surface area contributed by atoms with Gasteiger partial charge in [0, 0.05) is 0 Å². The Morgan fingerprint density at radius 1 is 1.73 bits per heavy atom. The third kappa shape index (κ3) is 2.02. The highest BCUT2D eigenvalue weighted by atomic mass is 16.5. The van der Waals surface area contributed by atoms with E-state index in [4.69, 9.17) is 9.84 Å². The molecule has 1 aliphatic rings. The number of ether oxygens (including phenoxy) is 1. The molecule has 2 atom stereocenters. The molecule has 0 aromatic heterocycles. The van der Waals surface area contributed by atoms with Crippen LogP contribution in [0.5, 0.6) is 0 Å². The first-order valence-corrected chi connectivity index (χ1v) is 3.81. The number of rotatable bonds is 3. The molecular formula is C8H15NO2. The normalized spacial score (nSPS) is 26.4. The van der Waals surface area contributed by atoms with E-state index < -0.39 is 0 Å². The van der Waals surface area contributed by atoms with E-state index in [1.165, 1.54) is 0 Å². The van der Waals surface area contributed by atoms with Crippen molar-refractivity contribution >= 4 is 0 Å². The predicted octanol–water partition coefficient (Wildman–Crippen LogP) is -0.136. The molecule has 1 heterocycles. The maximum atomic E-state index is 9.00. The quantitative estimate of drug-likeness (QED) is 0.579. The minimum absolute atomic E-state index is 0.0648. The van der Waals surface area contributed by atoms with Crippen LogP contribution in [0, 0.1) is 0 Å². The van der Waals surface area contributed by atoms with Crippen molar-refractivity contribution in [3.05, 3.63) is 12.2 Å². The second kappa shape index (κ2) is 3.85. The molecular weight excluding hydrogens is 142 g/mol. The largest absolute Gasteiger partial charge is 0.395 e. The van der Waals surface area contributed by atoms with Gasteiger partial charge in [0.1, 0.15) is 0 Å². The molecule has 0 aliphatic carbocycles. The SMILES string of the molecule is CN(C)C(CO)C1C=CCO1. The van der Waals surface area contributed by atoms with Crippen molar-refractivity contribution in [1.29, 1.82) is 0 Å². The van der Waals surface area contributed by atoms with Gasteiger partial charge in [-0.15, -0.1) is 0 Å². The Morgan fingerprint density at radius 3 is 2.82 bits per heavy atom. The van der Waals surface area contributed by atoms with Gasteiger partial charge in [-0.3, -0.25) is 0 Å². The van der Waals surface area contributed by atoms with Crippen LogP contribution >= 0.6 is 0 Å². The zero-order valence-corrected chi connectivity index (χ0v) is 7.03. The van der Waals surface area contributed by atoms with E-state index in [0.29, 0.717) is 6.61 Å². The van der Waals surface area contributed by atoms with E-state index in [0.717, 1.165) is 0 Å². The van der Waals surface area contributed by atoms with Crippen LogP contribution in [0.15, 0.2) is 12.2 Å². The third-order valence-electron chi connectivity index (χ3n) is 1.94. The average molecular weight is 157 g/mol. The zero-order valence-electron chi connectivity index (χ0n) is 7.03. The van der Waals surface area contributed by atoms with Crippen LogP contribution < -0.4 is 0 Å². The lowest BCUT2D eigenvalue weighted by atomic mass is 10.1. The Balaban J connectivity index is 2.47. The molecule has 1 aliphatic heterocycles. The summed E-state index contributed by atoms with van der Waals surface area (Å²) in [4.78, 5) is 1.97. The van der Waals surface area contributed by atoms with Crippen molar-refractivity contribution in [3.63, 3.8) is 0 Å². The van der Waals surface area contributed by atoms with E-state index in [-0.39, 0.29) is 18.8 Å². The summed E-state index contributed by atoms with van der Waals surface area (Å²) in [6, 6.07) is 0.0914. The molecule has 0 amide bonds. The molecule has 2 unspecified atom stereocenters. The molecule has 1 N–H and O–H groups in total. The molecule has 1 rings (SSSR count). The maximum Gasteiger partial charge on any atom is 0.0938 e. The van der Waals surface area contributed by atoms with Gasteiger partial charge < -0.3 is 14.7 Å². The average Bonchev–Trinajstić information content (AvgIpc) is 2.40. The first-order chi connectivity index (χ1) is 5.25. The molecule has 0 aromatic rings. The maximum absolute atomic E-state index is 9.00. The Bertz CT molecular complexity index is 145. The van der Waals surface area contributed by atoms with Crippen LogP contribution in [-0.4, -0.2) is 49.5 Å². The van der Waals surface area contributed by atoms with Crippen molar-refractivity contribution in [2.45, 2.75) is 12.1 Å². The van der Waals surface area contributed by atoms with Crippen LogP contribution in [0.4, 0.5) is 0 Å². The molecule has 0 saturated heterocycles. The third-order valence-corrected chi connectivity index (χ3v) is 1.94. The molecule has 0 aromatic carbocycles. The summed E-state index contributed by atoms with van der Waals surface area (Å²) in [6.45, 7) is 0.816. The minimum atomic E-state index is 0.0648. The smallest absolute Gasteiger partial charge is 0.0938 e. The van der Waals surface area contributed by atoms with E-state index in [9.17, 15) is 0 Å². The molecule has 3 nitrogen and oxygen atoms in total. The topological polar surface area (TPSA) is 32.7 Å². The Kier molecular flexibility index (Phi) is 3.05. The summed E-state index contributed by atoms with van der Waals surface area (Å²) in [5, 5.41) is 9.00. The lowest BCUT2D eigenvalue weighted by Gasteiger charge is -2.26. The van der Waals surface area contributed by atoms with Crippen LogP contribution in [0.2, 0.25) is 0 Å². The summed E-state index contributed by atoms with van der Waals surface area (Å²) in [5.41, 5.74) is 0. The molecule has 0 radical (unpaired) electrons. The van der Waals surface area contributed by atoms with Crippen LogP contribution in [-0.2, 0) is 4.74 Å². The number of aliphatic hydroxyl groups is 1. The van der Waals surface area contributed by atoms with Gasteiger partial charge in [-0.1, -0.05) is 12.2 Å². The van der Waals surface area contributed by atoms with E-state index in [1.54, 1.807) is 0 Å². The van der Waals surface area contributed by atoms with Crippen molar-refractivity contribution in [3.8, 4) is 0 Å². The number of nitrogens with zero attached hydrogens (tertiary/aromatic N) is 1. The predicted molar refractivity (Wildman–Crippen MR) is 43.4 cm³/mol. The second-order valence-corrected chi connectivity index (χ2v) is 2.94. The molecule has 0 spiro atoms. The molecule has 64 valence electrons. The van der Waals surface area contributed by atoms with Gasteiger partial charge in [-0.25, -0.2) is 0 Å². The fourth-order valence-electron chi connectivity index (χ4n) is 1.21. The molecule has 0 saturated carbocycles. The van der Waals surface area contributed by atoms with Crippen molar-refractivity contribution < 1.29 is 9.84 Å². The first kappa shape index (κ1) is 8.71. The minimum Gasteiger partial charge on any atom is -0.395 e. The summed E-state index contributed by atoms with van der Waals surface area (Å²) in [6.07, 6.45) is 4.05. The Morgan fingerprint density at radius 2 is 2.45 bits per heavy atom. The molecule has 3 heteroatoms. The van der Waals surface area contributed by atoms with Gasteiger partial charge in [0.05, 0.1) is 25.4 Å². The van der Waals surface area contributed by atoms with E-state index >= 15 is 0 Å². The fourth-order valence-corrected chi connectivity index (χ4v) is 1.21. The van der Waals surface area contributed by atoms with Gasteiger partial charge in [0.25, 0.3) is 0 Å². The number of hydrogen-bond donors (Lipinski definition) is 1. The summed E-state index contributed by atoms with van der Waals surface area (Å²) in [7, 11) is 3.88. The van der Waals surface area contributed by atoms with Crippen LogP contribution in [0.3, 0.4) is 0 Å². The van der Waals surface area contributed by atoms with E-state index in [2.05, 4.69) is 0 Å². The van der Waals surface area contributed by atoms with Crippen molar-refractivity contribution in [2.75, 3.05) is 27.3 Å². The first-order valence-electron chi connectivity index (χ1n) is 3.81. The van der Waals surface area contributed by atoms with Gasteiger partial charge in [0.2, 0.25) is 0 Å². The standard InChI is InChI=1S/C8H15NO2/c1-9(2)7(6-10)8-4-3-5-11-8/h3-4,7-8,10H,5-6H2,1-2H3. The van der Waals surface area contributed by atoms with Gasteiger partial charge in [-0.2, -0.15) is 0 Å². The zero-order chi connectivity index (χ0) is 8.27. The van der Waals surface area contributed by atoms with E-state index in [1.807, 2.05) is 31.1 Å². The van der Waals surface area contributed by atoms with Crippen LogP contribution in [0.25, 0.3) is 0 Å². The van der Waals surface area contributed by atoms with Gasteiger partial charge >= 0.3 is 0 Å². The second-order valence-electron chi connectivity index (χ2n) is 2.94. The van der Waals surface area contributed by atoms with Crippen molar-refractivity contribution in [2.24, 2.45) is 0 Å². The number of hydrogen-bond acceptors (Lipinski definition) is 3.